The molecule has 1 N–H and O–H groups in total. The Morgan fingerprint density at radius 1 is 1.33 bits per heavy atom. The zero-order chi connectivity index (χ0) is 18.8. The number of nitrogens with one attached hydrogen (secondary N) is 1. The number of likely N-dealkylation sites (tertiary alicyclic amines) is 1. The number of fused-ring (bicyclic) bond motifs is 1. The van der Waals surface area contributed by atoms with E-state index >= 15 is 0 Å². The number of aryl methyl sites for hydroxylation is 1. The Morgan fingerprint density at radius 3 is 3.04 bits per heavy atom. The average Bonchev–Trinajstić information content (AvgIpc) is 3.34. The van der Waals surface area contributed by atoms with Gasteiger partial charge in [0.05, 0.1) is 6.61 Å². The number of carbonyl (C=O) groups is 2. The number of hydrogen-bond acceptors (Lipinski definition) is 5. The van der Waals surface area contributed by atoms with Crippen molar-refractivity contribution in [3.8, 4) is 5.75 Å². The normalized spacial score (nSPS) is 18.7. The number of piperidine rings is 1. The van der Waals surface area contributed by atoms with E-state index in [0.717, 1.165) is 37.1 Å². The molecule has 0 saturated carbocycles. The molecule has 0 aliphatic carbocycles. The van der Waals surface area contributed by atoms with Gasteiger partial charge in [0.25, 0.3) is 11.8 Å². The van der Waals surface area contributed by atoms with Crippen molar-refractivity contribution < 1.29 is 18.8 Å². The summed E-state index contributed by atoms with van der Waals surface area (Å²) < 4.78 is 10.4. The van der Waals surface area contributed by atoms with Crippen LogP contribution >= 0.6 is 0 Å². The van der Waals surface area contributed by atoms with Gasteiger partial charge in [-0.25, -0.2) is 0 Å². The topological polar surface area (TPSA) is 84.7 Å². The molecule has 142 valence electrons. The van der Waals surface area contributed by atoms with Gasteiger partial charge in [0.1, 0.15) is 11.5 Å². The summed E-state index contributed by atoms with van der Waals surface area (Å²) in [4.78, 5) is 26.9. The number of hydrogen-bond donors (Lipinski definition) is 1. The molecule has 1 fully saturated rings. The lowest BCUT2D eigenvalue weighted by atomic mass is 9.97. The lowest BCUT2D eigenvalue weighted by Gasteiger charge is -2.33. The predicted octanol–water partition coefficient (Wildman–Crippen LogP) is 2.20. The second kappa shape index (κ2) is 7.42. The Morgan fingerprint density at radius 2 is 2.22 bits per heavy atom. The molecule has 7 nitrogen and oxygen atoms in total. The summed E-state index contributed by atoms with van der Waals surface area (Å²) in [5.41, 5.74) is 2.10. The second-order valence-corrected chi connectivity index (χ2v) is 7.21. The summed E-state index contributed by atoms with van der Waals surface area (Å²) in [7, 11) is 0. The monoisotopic (exact) mass is 369 g/mol. The molecule has 2 amide bonds. The van der Waals surface area contributed by atoms with E-state index in [1.165, 1.54) is 0 Å². The number of rotatable bonds is 4. The molecule has 4 rings (SSSR count). The maximum absolute atomic E-state index is 12.9. The molecular weight excluding hydrogens is 346 g/mol. The zero-order valence-electron chi connectivity index (χ0n) is 15.4. The quantitative estimate of drug-likeness (QED) is 0.893. The van der Waals surface area contributed by atoms with Crippen LogP contribution in [0.15, 0.2) is 28.8 Å². The minimum absolute atomic E-state index is 0.0489. The SMILES string of the molecule is Cc1cc(C(=O)NC[C@H]2CCCN(C(=O)c3ccc4c(c3)CCO4)C2)no1. The number of carbonyl (C=O) groups excluding carboxylic acids is 2. The van der Waals surface area contributed by atoms with E-state index in [1.807, 2.05) is 23.1 Å². The molecule has 2 aliphatic heterocycles. The highest BCUT2D eigenvalue weighted by Gasteiger charge is 2.26. The van der Waals surface area contributed by atoms with E-state index < -0.39 is 0 Å². The van der Waals surface area contributed by atoms with Crippen LogP contribution < -0.4 is 10.1 Å². The van der Waals surface area contributed by atoms with Crippen molar-refractivity contribution in [3.63, 3.8) is 0 Å². The van der Waals surface area contributed by atoms with Crippen molar-refractivity contribution >= 4 is 11.8 Å². The molecule has 2 aromatic rings. The Bertz CT molecular complexity index is 861. The summed E-state index contributed by atoms with van der Waals surface area (Å²) in [6.45, 7) is 4.35. The standard InChI is InChI=1S/C20H23N3O4/c1-13-9-17(22-27-13)19(24)21-11-14-3-2-7-23(12-14)20(25)16-4-5-18-15(10-16)6-8-26-18/h4-5,9-10,14H,2-3,6-8,11-12H2,1H3,(H,21,24)/t14-/m1/s1. The first-order chi connectivity index (χ1) is 13.1. The van der Waals surface area contributed by atoms with Gasteiger partial charge in [-0.1, -0.05) is 5.16 Å². The van der Waals surface area contributed by atoms with Gasteiger partial charge < -0.3 is 19.5 Å². The highest BCUT2D eigenvalue weighted by Crippen LogP contribution is 2.27. The Labute approximate surface area is 157 Å². The predicted molar refractivity (Wildman–Crippen MR) is 97.8 cm³/mol. The first-order valence-corrected chi connectivity index (χ1v) is 9.36. The van der Waals surface area contributed by atoms with Crippen LogP contribution in [-0.2, 0) is 6.42 Å². The molecule has 3 heterocycles. The van der Waals surface area contributed by atoms with Crippen molar-refractivity contribution in [3.05, 3.63) is 46.8 Å². The summed E-state index contributed by atoms with van der Waals surface area (Å²) in [5, 5.41) is 6.63. The summed E-state index contributed by atoms with van der Waals surface area (Å²) in [6.07, 6.45) is 2.77. The summed E-state index contributed by atoms with van der Waals surface area (Å²) in [5.74, 6) is 1.53. The Kier molecular flexibility index (Phi) is 4.83. The average molecular weight is 369 g/mol. The molecule has 1 aromatic heterocycles. The molecule has 27 heavy (non-hydrogen) atoms. The van der Waals surface area contributed by atoms with Crippen LogP contribution in [-0.4, -0.2) is 48.1 Å². The van der Waals surface area contributed by atoms with Crippen molar-refractivity contribution in [2.75, 3.05) is 26.2 Å². The smallest absolute Gasteiger partial charge is 0.273 e. The molecule has 7 heteroatoms. The molecule has 1 atom stereocenters. The van der Waals surface area contributed by atoms with E-state index in [0.29, 0.717) is 31.0 Å². The van der Waals surface area contributed by atoms with Crippen molar-refractivity contribution in [2.24, 2.45) is 5.92 Å². The van der Waals surface area contributed by atoms with Gasteiger partial charge in [0.2, 0.25) is 0 Å². The maximum Gasteiger partial charge on any atom is 0.273 e. The number of ether oxygens (including phenoxy) is 1. The third-order valence-corrected chi connectivity index (χ3v) is 5.15. The number of amides is 2. The highest BCUT2D eigenvalue weighted by atomic mass is 16.5. The van der Waals surface area contributed by atoms with Gasteiger partial charge >= 0.3 is 0 Å². The summed E-state index contributed by atoms with van der Waals surface area (Å²) >= 11 is 0. The second-order valence-electron chi connectivity index (χ2n) is 7.21. The fourth-order valence-corrected chi connectivity index (χ4v) is 3.72. The van der Waals surface area contributed by atoms with Crippen molar-refractivity contribution in [1.29, 1.82) is 0 Å². The summed E-state index contributed by atoms with van der Waals surface area (Å²) in [6, 6.07) is 7.29. The minimum atomic E-state index is -0.242. The molecule has 1 aromatic carbocycles. The van der Waals surface area contributed by atoms with Crippen LogP contribution in [0.5, 0.6) is 5.75 Å². The molecule has 2 aliphatic rings. The van der Waals surface area contributed by atoms with E-state index in [-0.39, 0.29) is 23.4 Å². The lowest BCUT2D eigenvalue weighted by Crippen LogP contribution is -2.43. The van der Waals surface area contributed by atoms with E-state index in [2.05, 4.69) is 10.5 Å². The molecule has 0 radical (unpaired) electrons. The molecule has 0 spiro atoms. The third kappa shape index (κ3) is 3.82. The number of aromatic nitrogens is 1. The van der Waals surface area contributed by atoms with Gasteiger partial charge in [-0.15, -0.1) is 0 Å². The fraction of sp³-hybridized carbons (Fsp3) is 0.450. The fourth-order valence-electron chi connectivity index (χ4n) is 3.72. The van der Waals surface area contributed by atoms with Gasteiger partial charge in [0.15, 0.2) is 5.69 Å². The Balaban J connectivity index is 1.35. The van der Waals surface area contributed by atoms with Crippen LogP contribution in [0.1, 0.15) is 45.0 Å². The highest BCUT2D eigenvalue weighted by molar-refractivity contribution is 5.95. The van der Waals surface area contributed by atoms with Crippen LogP contribution in [0.3, 0.4) is 0 Å². The lowest BCUT2D eigenvalue weighted by molar-refractivity contribution is 0.0670. The number of nitrogens with zero attached hydrogens (tertiary/aromatic N) is 2. The first-order valence-electron chi connectivity index (χ1n) is 9.36. The van der Waals surface area contributed by atoms with Crippen molar-refractivity contribution in [1.82, 2.24) is 15.4 Å². The molecule has 1 saturated heterocycles. The van der Waals surface area contributed by atoms with E-state index in [1.54, 1.807) is 13.0 Å². The van der Waals surface area contributed by atoms with E-state index in [9.17, 15) is 9.59 Å². The van der Waals surface area contributed by atoms with Crippen molar-refractivity contribution in [2.45, 2.75) is 26.2 Å². The van der Waals surface area contributed by atoms with Crippen LogP contribution in [0, 0.1) is 12.8 Å². The van der Waals surface area contributed by atoms with Crippen LogP contribution in [0.25, 0.3) is 0 Å². The molecular formula is C20H23N3O4. The van der Waals surface area contributed by atoms with Crippen LogP contribution in [0.2, 0.25) is 0 Å². The zero-order valence-corrected chi connectivity index (χ0v) is 15.4. The van der Waals surface area contributed by atoms with Gasteiger partial charge in [-0.3, -0.25) is 9.59 Å². The van der Waals surface area contributed by atoms with E-state index in [4.69, 9.17) is 9.26 Å². The van der Waals surface area contributed by atoms with Crippen LogP contribution in [0.4, 0.5) is 0 Å². The third-order valence-electron chi connectivity index (χ3n) is 5.15. The maximum atomic E-state index is 12.9. The Hall–Kier alpha value is -2.83. The first kappa shape index (κ1) is 17.6. The molecule has 0 bridgehead atoms. The van der Waals surface area contributed by atoms with Gasteiger partial charge in [0, 0.05) is 37.7 Å². The molecule has 0 unspecified atom stereocenters. The van der Waals surface area contributed by atoms with Gasteiger partial charge in [-0.2, -0.15) is 0 Å². The minimum Gasteiger partial charge on any atom is -0.493 e. The largest absolute Gasteiger partial charge is 0.493 e. The number of benzene rings is 1. The van der Waals surface area contributed by atoms with Gasteiger partial charge in [-0.05, 0) is 49.4 Å².